The van der Waals surface area contributed by atoms with Gasteiger partial charge in [-0.2, -0.15) is 18.6 Å². The molecule has 5 aromatic carbocycles. The van der Waals surface area contributed by atoms with Gasteiger partial charge in [0.25, 0.3) is 10.1 Å². The van der Waals surface area contributed by atoms with Gasteiger partial charge in [0.15, 0.2) is 0 Å². The first-order valence-corrected chi connectivity index (χ1v) is 14.2. The van der Waals surface area contributed by atoms with E-state index in [2.05, 4.69) is 25.4 Å². The van der Waals surface area contributed by atoms with E-state index in [0.717, 1.165) is 39.1 Å². The summed E-state index contributed by atoms with van der Waals surface area (Å²) in [4.78, 5) is 1.98. The van der Waals surface area contributed by atoms with Gasteiger partial charge in [0.05, 0.1) is 27.6 Å². The lowest BCUT2D eigenvalue weighted by atomic mass is 10.1. The third-order valence-electron chi connectivity index (χ3n) is 6.35. The minimum absolute atomic E-state index is 0.114. The zero-order valence-corrected chi connectivity index (χ0v) is 22.6. The van der Waals surface area contributed by atoms with E-state index < -0.39 is 10.1 Å². The first-order chi connectivity index (χ1) is 19.4. The summed E-state index contributed by atoms with van der Waals surface area (Å²) in [7, 11) is -4.25. The molecule has 0 spiro atoms. The summed E-state index contributed by atoms with van der Waals surface area (Å²) in [5, 5.41) is 19.6. The normalized spacial score (nSPS) is 11.9. The molecule has 8 nitrogen and oxygen atoms in total. The van der Waals surface area contributed by atoms with E-state index >= 15 is 0 Å². The van der Waals surface area contributed by atoms with Crippen LogP contribution in [0, 0.1) is 0 Å². The molecule has 1 N–H and O–H groups in total. The zero-order valence-electron chi connectivity index (χ0n) is 21.8. The van der Waals surface area contributed by atoms with Crippen LogP contribution in [0.2, 0.25) is 0 Å². The molecule has 0 amide bonds. The summed E-state index contributed by atoms with van der Waals surface area (Å²) < 4.78 is 32.3. The minimum Gasteiger partial charge on any atom is -0.367 e. The van der Waals surface area contributed by atoms with Crippen molar-refractivity contribution in [1.29, 1.82) is 0 Å². The second-order valence-corrected chi connectivity index (χ2v) is 10.5. The third kappa shape index (κ3) is 6.45. The lowest BCUT2D eigenvalue weighted by molar-refractivity contribution is 0.483. The topological polar surface area (TPSA) is 107 Å². The number of azo groups is 2. The zero-order chi connectivity index (χ0) is 28.0. The van der Waals surface area contributed by atoms with Crippen LogP contribution in [-0.2, 0) is 16.7 Å². The van der Waals surface area contributed by atoms with Crippen LogP contribution in [0.15, 0.2) is 141 Å². The first-order valence-electron chi connectivity index (χ1n) is 12.7. The highest BCUT2D eigenvalue weighted by Gasteiger charge is 2.12. The van der Waals surface area contributed by atoms with E-state index in [0.29, 0.717) is 18.8 Å². The molecule has 0 aliphatic rings. The van der Waals surface area contributed by atoms with Crippen molar-refractivity contribution in [3.8, 4) is 0 Å². The predicted octanol–water partition coefficient (Wildman–Crippen LogP) is 8.94. The fourth-order valence-corrected chi connectivity index (χ4v) is 4.85. The molecule has 0 aromatic heterocycles. The largest absolute Gasteiger partial charge is 0.367 e. The number of fused-ring (bicyclic) bond motifs is 1. The predicted molar refractivity (Wildman–Crippen MR) is 158 cm³/mol. The van der Waals surface area contributed by atoms with Gasteiger partial charge in [0.2, 0.25) is 0 Å². The van der Waals surface area contributed by atoms with Gasteiger partial charge in [0.1, 0.15) is 0 Å². The number of hydrogen-bond acceptors (Lipinski definition) is 7. The summed E-state index contributed by atoms with van der Waals surface area (Å²) in [5.41, 5.74) is 4.70. The lowest BCUT2D eigenvalue weighted by Gasteiger charge is -2.23. The Morgan fingerprint density at radius 2 is 1.23 bits per heavy atom. The molecule has 0 saturated heterocycles. The molecule has 0 aliphatic heterocycles. The van der Waals surface area contributed by atoms with Crippen LogP contribution in [0.25, 0.3) is 10.8 Å². The average molecular weight is 550 g/mol. The second kappa shape index (κ2) is 12.0. The van der Waals surface area contributed by atoms with Gasteiger partial charge in [0, 0.05) is 29.5 Å². The van der Waals surface area contributed by atoms with Crippen molar-refractivity contribution in [1.82, 2.24) is 0 Å². The Morgan fingerprint density at radius 3 is 1.80 bits per heavy atom. The van der Waals surface area contributed by atoms with E-state index in [-0.39, 0.29) is 4.90 Å². The Morgan fingerprint density at radius 1 is 0.650 bits per heavy atom. The molecule has 5 rings (SSSR count). The number of rotatable bonds is 9. The fourth-order valence-electron chi connectivity index (χ4n) is 4.30. The van der Waals surface area contributed by atoms with Crippen molar-refractivity contribution in [3.63, 3.8) is 0 Å². The molecule has 0 fully saturated rings. The van der Waals surface area contributed by atoms with E-state index in [1.54, 1.807) is 6.07 Å². The van der Waals surface area contributed by atoms with Gasteiger partial charge >= 0.3 is 0 Å². The first kappa shape index (κ1) is 26.9. The van der Waals surface area contributed by atoms with E-state index in [1.165, 1.54) is 12.1 Å². The van der Waals surface area contributed by atoms with Crippen LogP contribution < -0.4 is 4.90 Å². The molecule has 0 radical (unpaired) electrons. The Kier molecular flexibility index (Phi) is 8.04. The summed E-state index contributed by atoms with van der Waals surface area (Å²) in [6, 6.07) is 35.3. The average Bonchev–Trinajstić information content (AvgIpc) is 2.98. The molecule has 200 valence electrons. The maximum absolute atomic E-state index is 11.5. The standard InChI is InChI=1S/C31H27N5O3S/c1-2-36(22-23-9-8-12-27(21-23)40(37,38)39)26-17-15-25(16-18-26)33-35-31-20-19-30(28-13-6-7-14-29(28)31)34-32-24-10-4-3-5-11-24/h3-21H,2,22H2,1H3,(H,37,38,39). The van der Waals surface area contributed by atoms with Crippen LogP contribution in [0.3, 0.4) is 0 Å². The maximum Gasteiger partial charge on any atom is 0.294 e. The molecular weight excluding hydrogens is 522 g/mol. The Labute approximate surface area is 233 Å². The van der Waals surface area contributed by atoms with E-state index in [9.17, 15) is 13.0 Å². The van der Waals surface area contributed by atoms with Crippen molar-refractivity contribution >= 4 is 49.3 Å². The summed E-state index contributed by atoms with van der Waals surface area (Å²) in [6.45, 7) is 3.21. The molecule has 0 atom stereocenters. The monoisotopic (exact) mass is 549 g/mol. The number of nitrogens with zero attached hydrogens (tertiary/aromatic N) is 5. The molecule has 0 bridgehead atoms. The van der Waals surface area contributed by atoms with Crippen molar-refractivity contribution in [2.45, 2.75) is 18.4 Å². The van der Waals surface area contributed by atoms with Crippen LogP contribution in [0.4, 0.5) is 28.4 Å². The van der Waals surface area contributed by atoms with Crippen LogP contribution >= 0.6 is 0 Å². The number of anilines is 1. The molecule has 0 unspecified atom stereocenters. The fraction of sp³-hybridized carbons (Fsp3) is 0.0968. The van der Waals surface area contributed by atoms with Crippen LogP contribution in [0.5, 0.6) is 0 Å². The smallest absolute Gasteiger partial charge is 0.294 e. The lowest BCUT2D eigenvalue weighted by Crippen LogP contribution is -2.22. The molecule has 40 heavy (non-hydrogen) atoms. The Bertz CT molecular complexity index is 1790. The molecule has 0 saturated carbocycles. The Balaban J connectivity index is 1.34. The minimum atomic E-state index is -4.25. The van der Waals surface area contributed by atoms with Crippen molar-refractivity contribution in [3.05, 3.63) is 121 Å². The molecule has 0 heterocycles. The van der Waals surface area contributed by atoms with E-state index in [4.69, 9.17) is 0 Å². The molecule has 9 heteroatoms. The summed E-state index contributed by atoms with van der Waals surface area (Å²) in [5.74, 6) is 0. The second-order valence-electron chi connectivity index (χ2n) is 9.04. The summed E-state index contributed by atoms with van der Waals surface area (Å²) >= 11 is 0. The van der Waals surface area contributed by atoms with Crippen molar-refractivity contribution < 1.29 is 13.0 Å². The highest BCUT2D eigenvalue weighted by atomic mass is 32.2. The van der Waals surface area contributed by atoms with Gasteiger partial charge in [-0.25, -0.2) is 0 Å². The molecule has 0 aliphatic carbocycles. The van der Waals surface area contributed by atoms with Gasteiger partial charge in [-0.15, -0.1) is 10.2 Å². The van der Waals surface area contributed by atoms with Crippen molar-refractivity contribution in [2.24, 2.45) is 20.5 Å². The maximum atomic E-state index is 11.5. The Hall–Kier alpha value is -4.73. The SMILES string of the molecule is CCN(Cc1cccc(S(=O)(=O)O)c1)c1ccc(N=Nc2ccc(N=Nc3ccccc3)c3ccccc23)cc1. The van der Waals surface area contributed by atoms with Gasteiger partial charge in [-0.3, -0.25) is 4.55 Å². The van der Waals surface area contributed by atoms with E-state index in [1.807, 2.05) is 104 Å². The number of hydrogen-bond donors (Lipinski definition) is 1. The third-order valence-corrected chi connectivity index (χ3v) is 7.20. The number of benzene rings is 5. The van der Waals surface area contributed by atoms with Gasteiger partial charge in [-0.1, -0.05) is 54.6 Å². The van der Waals surface area contributed by atoms with Crippen LogP contribution in [0.1, 0.15) is 12.5 Å². The highest BCUT2D eigenvalue weighted by Crippen LogP contribution is 2.35. The summed E-state index contributed by atoms with van der Waals surface area (Å²) in [6.07, 6.45) is 0. The van der Waals surface area contributed by atoms with Crippen LogP contribution in [-0.4, -0.2) is 19.5 Å². The quantitative estimate of drug-likeness (QED) is 0.146. The highest BCUT2D eigenvalue weighted by molar-refractivity contribution is 7.85. The van der Waals surface area contributed by atoms with Crippen molar-refractivity contribution in [2.75, 3.05) is 11.4 Å². The van der Waals surface area contributed by atoms with Gasteiger partial charge in [-0.05, 0) is 73.2 Å². The molecular formula is C31H27N5O3S. The molecule has 5 aromatic rings. The van der Waals surface area contributed by atoms with Gasteiger partial charge < -0.3 is 4.90 Å².